The van der Waals surface area contributed by atoms with Gasteiger partial charge in [-0.1, -0.05) is 12.2 Å². The number of pyridine rings is 1. The van der Waals surface area contributed by atoms with Crippen LogP contribution in [0.4, 0.5) is 0 Å². The lowest BCUT2D eigenvalue weighted by Crippen LogP contribution is -2.09. The van der Waals surface area contributed by atoms with Crippen molar-refractivity contribution in [2.45, 2.75) is 0 Å². The van der Waals surface area contributed by atoms with E-state index in [1.54, 1.807) is 18.7 Å². The normalized spacial score (nSPS) is 10.3. The summed E-state index contributed by atoms with van der Waals surface area (Å²) in [5.74, 6) is 0. The van der Waals surface area contributed by atoms with Crippen LogP contribution in [0.25, 0.3) is 0 Å². The Bertz CT molecular complexity index is 306. The van der Waals surface area contributed by atoms with Gasteiger partial charge in [-0.2, -0.15) is 0 Å². The van der Waals surface area contributed by atoms with Crippen LogP contribution in [0.3, 0.4) is 0 Å². The van der Waals surface area contributed by atoms with Crippen LogP contribution in [0.5, 0.6) is 0 Å². The van der Waals surface area contributed by atoms with Crippen LogP contribution in [0, 0.1) is 0 Å². The molecule has 1 heterocycles. The SMILES string of the molecule is CN(C)C=NC(=S)c1ccncc1. The van der Waals surface area contributed by atoms with Crippen molar-refractivity contribution in [1.82, 2.24) is 9.88 Å². The van der Waals surface area contributed by atoms with Gasteiger partial charge in [0.1, 0.15) is 4.99 Å². The van der Waals surface area contributed by atoms with Crippen molar-refractivity contribution < 1.29 is 0 Å². The van der Waals surface area contributed by atoms with Crippen molar-refractivity contribution in [3.63, 3.8) is 0 Å². The number of hydrogen-bond acceptors (Lipinski definition) is 2. The first-order valence-corrected chi connectivity index (χ1v) is 4.26. The van der Waals surface area contributed by atoms with Gasteiger partial charge in [0.05, 0.1) is 6.34 Å². The van der Waals surface area contributed by atoms with Crippen molar-refractivity contribution >= 4 is 23.5 Å². The average Bonchev–Trinajstić information content (AvgIpc) is 2.15. The Morgan fingerprint density at radius 3 is 2.62 bits per heavy atom. The van der Waals surface area contributed by atoms with E-state index in [0.29, 0.717) is 4.99 Å². The molecule has 0 bridgehead atoms. The molecule has 1 aromatic rings. The summed E-state index contributed by atoms with van der Waals surface area (Å²) in [6, 6.07) is 3.69. The third-order valence-corrected chi connectivity index (χ3v) is 1.67. The molecule has 0 aliphatic carbocycles. The van der Waals surface area contributed by atoms with Gasteiger partial charge in [0.25, 0.3) is 0 Å². The van der Waals surface area contributed by atoms with E-state index >= 15 is 0 Å². The fourth-order valence-corrected chi connectivity index (χ4v) is 0.920. The Hall–Kier alpha value is -1.29. The fraction of sp³-hybridized carbons (Fsp3) is 0.222. The van der Waals surface area contributed by atoms with Gasteiger partial charge in [-0.15, -0.1) is 0 Å². The molecule has 0 fully saturated rings. The predicted molar refractivity (Wildman–Crippen MR) is 58.1 cm³/mol. The molecule has 0 unspecified atom stereocenters. The van der Waals surface area contributed by atoms with Crippen LogP contribution in [0.1, 0.15) is 5.56 Å². The van der Waals surface area contributed by atoms with Gasteiger partial charge in [0.2, 0.25) is 0 Å². The van der Waals surface area contributed by atoms with E-state index in [9.17, 15) is 0 Å². The molecule has 0 radical (unpaired) electrons. The molecule has 4 heteroatoms. The molecule has 0 amide bonds. The van der Waals surface area contributed by atoms with Gasteiger partial charge in [-0.25, -0.2) is 4.99 Å². The number of nitrogens with zero attached hydrogens (tertiary/aromatic N) is 3. The standard InChI is InChI=1S/C9H11N3S/c1-12(2)7-11-9(13)8-3-5-10-6-4-8/h3-7H,1-2H3. The second-order valence-electron chi connectivity index (χ2n) is 2.75. The Morgan fingerprint density at radius 1 is 1.46 bits per heavy atom. The zero-order valence-electron chi connectivity index (χ0n) is 7.64. The van der Waals surface area contributed by atoms with Crippen LogP contribution in [0.15, 0.2) is 29.5 Å². The Labute approximate surface area is 83.1 Å². The van der Waals surface area contributed by atoms with Gasteiger partial charge in [0.15, 0.2) is 0 Å². The number of aliphatic imine (C=N–C) groups is 1. The van der Waals surface area contributed by atoms with Crippen molar-refractivity contribution in [2.75, 3.05) is 14.1 Å². The summed E-state index contributed by atoms with van der Waals surface area (Å²) in [4.78, 5) is 10.4. The van der Waals surface area contributed by atoms with Gasteiger partial charge < -0.3 is 4.90 Å². The molecule has 0 aliphatic rings. The van der Waals surface area contributed by atoms with E-state index < -0.39 is 0 Å². The third-order valence-electron chi connectivity index (χ3n) is 1.33. The minimum Gasteiger partial charge on any atom is -0.369 e. The van der Waals surface area contributed by atoms with Crippen molar-refractivity contribution in [2.24, 2.45) is 4.99 Å². The summed E-state index contributed by atoms with van der Waals surface area (Å²) in [6.45, 7) is 0. The van der Waals surface area contributed by atoms with Gasteiger partial charge >= 0.3 is 0 Å². The molecule has 0 saturated heterocycles. The molecule has 0 spiro atoms. The lowest BCUT2D eigenvalue weighted by atomic mass is 10.3. The maximum absolute atomic E-state index is 5.09. The van der Waals surface area contributed by atoms with E-state index in [-0.39, 0.29) is 0 Å². The van der Waals surface area contributed by atoms with Crippen molar-refractivity contribution in [1.29, 1.82) is 0 Å². The Kier molecular flexibility index (Phi) is 3.52. The highest BCUT2D eigenvalue weighted by molar-refractivity contribution is 7.80. The zero-order valence-corrected chi connectivity index (χ0v) is 8.45. The van der Waals surface area contributed by atoms with Crippen LogP contribution < -0.4 is 0 Å². The second-order valence-corrected chi connectivity index (χ2v) is 3.14. The minimum atomic E-state index is 0.580. The molecule has 3 nitrogen and oxygen atoms in total. The lowest BCUT2D eigenvalue weighted by molar-refractivity contribution is 0.644. The first kappa shape index (κ1) is 9.80. The smallest absolute Gasteiger partial charge is 0.135 e. The largest absolute Gasteiger partial charge is 0.369 e. The first-order chi connectivity index (χ1) is 6.20. The molecule has 0 aromatic carbocycles. The Morgan fingerprint density at radius 2 is 2.08 bits per heavy atom. The summed E-state index contributed by atoms with van der Waals surface area (Å²) >= 11 is 5.09. The van der Waals surface area contributed by atoms with E-state index in [1.165, 1.54) is 0 Å². The molecule has 13 heavy (non-hydrogen) atoms. The number of hydrogen-bond donors (Lipinski definition) is 0. The quantitative estimate of drug-likeness (QED) is 0.403. The predicted octanol–water partition coefficient (Wildman–Crippen LogP) is 1.35. The van der Waals surface area contributed by atoms with E-state index in [1.807, 2.05) is 31.1 Å². The summed E-state index contributed by atoms with van der Waals surface area (Å²) in [6.07, 6.45) is 5.09. The summed E-state index contributed by atoms with van der Waals surface area (Å²) < 4.78 is 0. The highest BCUT2D eigenvalue weighted by Crippen LogP contribution is 1.99. The average molecular weight is 193 g/mol. The van der Waals surface area contributed by atoms with Crippen molar-refractivity contribution in [3.05, 3.63) is 30.1 Å². The number of rotatable bonds is 2. The third kappa shape index (κ3) is 3.29. The molecule has 0 N–H and O–H groups in total. The Balaban J connectivity index is 2.70. The van der Waals surface area contributed by atoms with Gasteiger partial charge in [0, 0.05) is 32.1 Å². The van der Waals surface area contributed by atoms with Crippen LogP contribution in [-0.2, 0) is 0 Å². The topological polar surface area (TPSA) is 28.5 Å². The highest BCUT2D eigenvalue weighted by Gasteiger charge is 1.95. The zero-order chi connectivity index (χ0) is 9.68. The lowest BCUT2D eigenvalue weighted by Gasteiger charge is -2.02. The number of thiocarbonyl (C=S) groups is 1. The van der Waals surface area contributed by atoms with E-state index in [4.69, 9.17) is 12.2 Å². The molecule has 1 rings (SSSR count). The first-order valence-electron chi connectivity index (χ1n) is 3.85. The monoisotopic (exact) mass is 193 g/mol. The molecular weight excluding hydrogens is 182 g/mol. The second kappa shape index (κ2) is 4.67. The van der Waals surface area contributed by atoms with Crippen LogP contribution in [-0.4, -0.2) is 35.3 Å². The van der Waals surface area contributed by atoms with E-state index in [2.05, 4.69) is 9.98 Å². The molecule has 0 aliphatic heterocycles. The maximum atomic E-state index is 5.09. The fourth-order valence-electron chi connectivity index (χ4n) is 0.737. The van der Waals surface area contributed by atoms with E-state index in [0.717, 1.165) is 5.56 Å². The maximum Gasteiger partial charge on any atom is 0.135 e. The summed E-state index contributed by atoms with van der Waals surface area (Å²) in [5, 5.41) is 0. The minimum absolute atomic E-state index is 0.580. The van der Waals surface area contributed by atoms with Crippen LogP contribution >= 0.6 is 12.2 Å². The molecule has 68 valence electrons. The molecule has 1 aromatic heterocycles. The highest BCUT2D eigenvalue weighted by atomic mass is 32.1. The number of aromatic nitrogens is 1. The van der Waals surface area contributed by atoms with Gasteiger partial charge in [-0.05, 0) is 12.1 Å². The van der Waals surface area contributed by atoms with Crippen molar-refractivity contribution in [3.8, 4) is 0 Å². The molecular formula is C9H11N3S. The van der Waals surface area contributed by atoms with Gasteiger partial charge in [-0.3, -0.25) is 4.98 Å². The summed E-state index contributed by atoms with van der Waals surface area (Å²) in [5.41, 5.74) is 0.920. The molecule has 0 saturated carbocycles. The summed E-state index contributed by atoms with van der Waals surface area (Å²) in [7, 11) is 3.80. The molecule has 0 atom stereocenters. The van der Waals surface area contributed by atoms with Crippen LogP contribution in [0.2, 0.25) is 0 Å².